The van der Waals surface area contributed by atoms with Crippen LogP contribution in [0.1, 0.15) is 28.0 Å². The Labute approximate surface area is 167 Å². The smallest absolute Gasteiger partial charge is 0.337 e. The average molecular weight is 417 g/mol. The molecule has 0 spiro atoms. The van der Waals surface area contributed by atoms with Gasteiger partial charge in [-0.1, -0.05) is 5.16 Å². The van der Waals surface area contributed by atoms with Crippen LogP contribution in [-0.2, 0) is 16.4 Å². The van der Waals surface area contributed by atoms with Crippen molar-refractivity contribution in [3.05, 3.63) is 53.5 Å². The molecule has 0 bridgehead atoms. The molecule has 1 fully saturated rings. The number of nitrogens with zero attached hydrogens (tertiary/aromatic N) is 3. The second-order valence-corrected chi connectivity index (χ2v) is 8.93. The van der Waals surface area contributed by atoms with Crippen LogP contribution in [0.15, 0.2) is 50.7 Å². The Kier molecular flexibility index (Phi) is 4.97. The third-order valence-corrected chi connectivity index (χ3v) is 6.60. The third kappa shape index (κ3) is 3.94. The molecule has 1 N–H and O–H groups in total. The van der Waals surface area contributed by atoms with Crippen LogP contribution >= 0.6 is 0 Å². The van der Waals surface area contributed by atoms with Gasteiger partial charge in [0.2, 0.25) is 10.9 Å². The van der Waals surface area contributed by atoms with Crippen molar-refractivity contribution in [2.45, 2.75) is 24.9 Å². The second kappa shape index (κ2) is 7.45. The van der Waals surface area contributed by atoms with Gasteiger partial charge < -0.3 is 14.0 Å². The molecule has 1 saturated heterocycles. The molecule has 4 heterocycles. The molecule has 152 valence electrons. The fraction of sp³-hybridized carbons (Fsp3) is 0.316. The fourth-order valence-electron chi connectivity index (χ4n) is 3.43. The zero-order valence-electron chi connectivity index (χ0n) is 15.6. The van der Waals surface area contributed by atoms with E-state index in [1.165, 1.54) is 16.6 Å². The number of aryl methyl sites for hydroxylation is 1. The maximum atomic E-state index is 12.9. The van der Waals surface area contributed by atoms with Gasteiger partial charge >= 0.3 is 5.97 Å². The number of hydrogen-bond donors (Lipinski definition) is 1. The minimum Gasteiger partial charge on any atom is -0.478 e. The van der Waals surface area contributed by atoms with Crippen LogP contribution in [0.4, 0.5) is 0 Å². The van der Waals surface area contributed by atoms with Gasteiger partial charge in [-0.3, -0.25) is 4.98 Å². The topological polar surface area (TPSA) is 127 Å². The molecule has 29 heavy (non-hydrogen) atoms. The summed E-state index contributed by atoms with van der Waals surface area (Å²) in [6, 6.07) is 6.20. The summed E-state index contributed by atoms with van der Waals surface area (Å²) in [5, 5.41) is 12.7. The number of hydrogen-bond acceptors (Lipinski definition) is 7. The SMILES string of the molecule is Cc1cc(-c2ccc(S(=O)(=O)N3CCC(Cc4cncc(C(=O)O)c4)C3)o2)on1. The average Bonchev–Trinajstić information content (AvgIpc) is 3.42. The molecule has 1 aliphatic rings. The fourth-order valence-corrected chi connectivity index (χ4v) is 4.87. The molecule has 3 aromatic rings. The summed E-state index contributed by atoms with van der Waals surface area (Å²) in [5.41, 5.74) is 1.57. The van der Waals surface area contributed by atoms with Crippen molar-refractivity contribution in [2.75, 3.05) is 13.1 Å². The molecule has 4 rings (SSSR count). The van der Waals surface area contributed by atoms with Crippen molar-refractivity contribution < 1.29 is 27.3 Å². The molecule has 1 unspecified atom stereocenters. The predicted molar refractivity (Wildman–Crippen MR) is 101 cm³/mol. The normalized spacial score (nSPS) is 17.6. The molecule has 1 atom stereocenters. The van der Waals surface area contributed by atoms with Gasteiger partial charge in [0.1, 0.15) is 0 Å². The summed E-state index contributed by atoms with van der Waals surface area (Å²) >= 11 is 0. The lowest BCUT2D eigenvalue weighted by Gasteiger charge is -2.15. The highest BCUT2D eigenvalue weighted by Gasteiger charge is 2.35. The van der Waals surface area contributed by atoms with Gasteiger partial charge in [0, 0.05) is 31.5 Å². The number of carboxylic acid groups (broad SMARTS) is 1. The van der Waals surface area contributed by atoms with E-state index < -0.39 is 16.0 Å². The first kappa shape index (κ1) is 19.3. The number of pyridine rings is 1. The third-order valence-electron chi connectivity index (χ3n) is 4.86. The van der Waals surface area contributed by atoms with Gasteiger partial charge in [-0.15, -0.1) is 0 Å². The maximum Gasteiger partial charge on any atom is 0.337 e. The van der Waals surface area contributed by atoms with Crippen LogP contribution in [0.5, 0.6) is 0 Å². The molecule has 10 heteroatoms. The first-order valence-corrected chi connectivity index (χ1v) is 10.5. The van der Waals surface area contributed by atoms with Crippen LogP contribution in [0.25, 0.3) is 11.5 Å². The van der Waals surface area contributed by atoms with Crippen LogP contribution in [-0.4, -0.2) is 47.0 Å². The highest BCUT2D eigenvalue weighted by molar-refractivity contribution is 7.89. The summed E-state index contributed by atoms with van der Waals surface area (Å²) in [4.78, 5) is 15.0. The molecule has 0 radical (unpaired) electrons. The summed E-state index contributed by atoms with van der Waals surface area (Å²) in [6.45, 7) is 2.47. The van der Waals surface area contributed by atoms with Gasteiger partial charge in [0.15, 0.2) is 5.76 Å². The standard InChI is InChI=1S/C19H19N3O6S/c1-12-6-17(28-21-12)16-2-3-18(27-16)29(25,26)22-5-4-13(11-22)7-14-8-15(19(23)24)10-20-9-14/h2-3,6,8-10,13H,4-5,7,11H2,1H3,(H,23,24). The zero-order valence-corrected chi connectivity index (χ0v) is 16.4. The van der Waals surface area contributed by atoms with E-state index in [2.05, 4.69) is 10.1 Å². The Morgan fingerprint density at radius 1 is 1.28 bits per heavy atom. The van der Waals surface area contributed by atoms with Gasteiger partial charge in [0.25, 0.3) is 10.0 Å². The van der Waals surface area contributed by atoms with Crippen molar-refractivity contribution in [3.8, 4) is 11.5 Å². The Morgan fingerprint density at radius 2 is 2.10 bits per heavy atom. The molecular weight excluding hydrogens is 398 g/mol. The lowest BCUT2D eigenvalue weighted by molar-refractivity contribution is 0.0696. The van der Waals surface area contributed by atoms with E-state index in [9.17, 15) is 13.2 Å². The highest BCUT2D eigenvalue weighted by atomic mass is 32.2. The Balaban J connectivity index is 1.46. The van der Waals surface area contributed by atoms with Crippen molar-refractivity contribution in [1.29, 1.82) is 0 Å². The van der Waals surface area contributed by atoms with Gasteiger partial charge in [-0.25, -0.2) is 13.2 Å². The first-order chi connectivity index (χ1) is 13.8. The van der Waals surface area contributed by atoms with Crippen molar-refractivity contribution in [3.63, 3.8) is 0 Å². The summed E-state index contributed by atoms with van der Waals surface area (Å²) in [7, 11) is -3.77. The summed E-state index contributed by atoms with van der Waals surface area (Å²) < 4.78 is 37.9. The van der Waals surface area contributed by atoms with Crippen molar-refractivity contribution in [1.82, 2.24) is 14.4 Å². The minimum absolute atomic E-state index is 0.0713. The number of aromatic nitrogens is 2. The molecule has 0 saturated carbocycles. The maximum absolute atomic E-state index is 12.9. The van der Waals surface area contributed by atoms with E-state index >= 15 is 0 Å². The van der Waals surface area contributed by atoms with E-state index in [0.717, 1.165) is 5.56 Å². The molecule has 0 aromatic carbocycles. The van der Waals surface area contributed by atoms with E-state index in [1.54, 1.807) is 31.3 Å². The largest absolute Gasteiger partial charge is 0.478 e. The predicted octanol–water partition coefficient (Wildman–Crippen LogP) is 2.59. The summed E-state index contributed by atoms with van der Waals surface area (Å²) in [5.74, 6) is -0.293. The number of carbonyl (C=O) groups is 1. The van der Waals surface area contributed by atoms with Crippen molar-refractivity contribution in [2.24, 2.45) is 5.92 Å². The van der Waals surface area contributed by atoms with Gasteiger partial charge in [-0.2, -0.15) is 4.31 Å². The quantitative estimate of drug-likeness (QED) is 0.648. The Hall–Kier alpha value is -2.98. The number of carboxylic acids is 1. The van der Waals surface area contributed by atoms with Crippen LogP contribution in [0.2, 0.25) is 0 Å². The Bertz CT molecular complexity index is 1150. The molecule has 3 aromatic heterocycles. The molecule has 9 nitrogen and oxygen atoms in total. The molecule has 1 aliphatic heterocycles. The number of furan rings is 1. The number of aromatic carboxylic acids is 1. The Morgan fingerprint density at radius 3 is 2.83 bits per heavy atom. The highest BCUT2D eigenvalue weighted by Crippen LogP contribution is 2.30. The minimum atomic E-state index is -3.77. The van der Waals surface area contributed by atoms with E-state index in [1.807, 2.05) is 0 Å². The molecule has 0 amide bonds. The van der Waals surface area contributed by atoms with Crippen LogP contribution < -0.4 is 0 Å². The lowest BCUT2D eigenvalue weighted by Crippen LogP contribution is -2.28. The van der Waals surface area contributed by atoms with E-state index in [0.29, 0.717) is 43.1 Å². The zero-order chi connectivity index (χ0) is 20.6. The molecular formula is C19H19N3O6S. The van der Waals surface area contributed by atoms with Crippen LogP contribution in [0, 0.1) is 12.8 Å². The van der Waals surface area contributed by atoms with Crippen LogP contribution in [0.3, 0.4) is 0 Å². The van der Waals surface area contributed by atoms with E-state index in [4.69, 9.17) is 14.0 Å². The van der Waals surface area contributed by atoms with E-state index in [-0.39, 0.29) is 16.6 Å². The molecule has 0 aliphatic carbocycles. The number of rotatable bonds is 6. The summed E-state index contributed by atoms with van der Waals surface area (Å²) in [6.07, 6.45) is 4.13. The monoisotopic (exact) mass is 417 g/mol. The number of sulfonamides is 1. The van der Waals surface area contributed by atoms with Gasteiger partial charge in [0.05, 0.1) is 11.3 Å². The lowest BCUT2D eigenvalue weighted by atomic mass is 9.99. The van der Waals surface area contributed by atoms with Gasteiger partial charge in [-0.05, 0) is 49.4 Å². The second-order valence-electron chi connectivity index (χ2n) is 7.06. The first-order valence-electron chi connectivity index (χ1n) is 9.04. The van der Waals surface area contributed by atoms with Crippen molar-refractivity contribution >= 4 is 16.0 Å².